The summed E-state index contributed by atoms with van der Waals surface area (Å²) in [5.74, 6) is -0.0492. The van der Waals surface area contributed by atoms with E-state index in [0.29, 0.717) is 12.2 Å². The molecular formula is C19H23N3OS2. The molecule has 3 rings (SSSR count). The first-order valence-corrected chi connectivity index (χ1v) is 10.2. The van der Waals surface area contributed by atoms with E-state index in [4.69, 9.17) is 0 Å². The molecule has 6 heteroatoms. The van der Waals surface area contributed by atoms with E-state index in [2.05, 4.69) is 58.7 Å². The third-order valence-corrected chi connectivity index (χ3v) is 5.86. The molecule has 0 unspecified atom stereocenters. The largest absolute Gasteiger partial charge is 0.350 e. The number of hydrogen-bond donors (Lipinski definition) is 2. The molecule has 0 atom stereocenters. The predicted octanol–water partition coefficient (Wildman–Crippen LogP) is 4.25. The summed E-state index contributed by atoms with van der Waals surface area (Å²) < 4.78 is 1.18. The number of aromatic amines is 1. The lowest BCUT2D eigenvalue weighted by atomic mass is 10.2. The number of benzene rings is 1. The Hall–Kier alpha value is -1.76. The Morgan fingerprint density at radius 2 is 2.00 bits per heavy atom. The van der Waals surface area contributed by atoms with Gasteiger partial charge in [-0.3, -0.25) is 4.79 Å². The van der Waals surface area contributed by atoms with E-state index in [-0.39, 0.29) is 5.91 Å². The number of carbonyl (C=O) groups excluding carboxylic acids is 1. The highest BCUT2D eigenvalue weighted by atomic mass is 32.2. The lowest BCUT2D eigenvalue weighted by molar-refractivity contribution is 0.0945. The van der Waals surface area contributed by atoms with E-state index in [0.717, 1.165) is 23.2 Å². The number of thioether (sulfide) groups is 1. The quantitative estimate of drug-likeness (QED) is 0.635. The first-order chi connectivity index (χ1) is 12.0. The second kappa shape index (κ2) is 7.64. The van der Waals surface area contributed by atoms with Crippen LogP contribution in [0.15, 0.2) is 35.2 Å². The number of aryl methyl sites for hydroxylation is 1. The highest BCUT2D eigenvalue weighted by molar-refractivity contribution is 7.98. The predicted molar refractivity (Wildman–Crippen MR) is 108 cm³/mol. The van der Waals surface area contributed by atoms with Crippen molar-refractivity contribution in [3.05, 3.63) is 52.0 Å². The molecule has 0 spiro atoms. The third kappa shape index (κ3) is 4.08. The van der Waals surface area contributed by atoms with Crippen molar-refractivity contribution in [2.75, 3.05) is 20.4 Å². The Labute approximate surface area is 156 Å². The van der Waals surface area contributed by atoms with Crippen molar-refractivity contribution in [3.8, 4) is 0 Å². The summed E-state index contributed by atoms with van der Waals surface area (Å²) in [5, 5.41) is 3.04. The van der Waals surface area contributed by atoms with Crippen LogP contribution in [0, 0.1) is 6.92 Å². The number of rotatable bonds is 6. The van der Waals surface area contributed by atoms with Crippen LogP contribution in [0.4, 0.5) is 0 Å². The number of hydrogen-bond acceptors (Lipinski definition) is 4. The van der Waals surface area contributed by atoms with Crippen LogP contribution in [-0.2, 0) is 13.1 Å². The molecular weight excluding hydrogens is 350 g/mol. The zero-order chi connectivity index (χ0) is 18.0. The maximum atomic E-state index is 12.7. The summed E-state index contributed by atoms with van der Waals surface area (Å²) in [7, 11) is 4.04. The van der Waals surface area contributed by atoms with Gasteiger partial charge in [-0.1, -0.05) is 12.1 Å². The molecule has 4 nitrogen and oxygen atoms in total. The lowest BCUT2D eigenvalue weighted by Crippen LogP contribution is -2.25. The molecule has 3 aromatic rings. The van der Waals surface area contributed by atoms with Crippen molar-refractivity contribution in [1.29, 1.82) is 0 Å². The lowest BCUT2D eigenvalue weighted by Gasteiger charge is -2.11. The minimum atomic E-state index is -0.0492. The molecule has 1 amide bonds. The van der Waals surface area contributed by atoms with Crippen LogP contribution in [0.25, 0.3) is 10.2 Å². The fraction of sp³-hybridized carbons (Fsp3) is 0.316. The van der Waals surface area contributed by atoms with Crippen molar-refractivity contribution >= 4 is 39.2 Å². The molecule has 2 N–H and O–H groups in total. The Kier molecular flexibility index (Phi) is 5.51. The van der Waals surface area contributed by atoms with E-state index in [1.807, 2.05) is 14.1 Å². The average molecular weight is 374 g/mol. The maximum Gasteiger partial charge on any atom is 0.268 e. The van der Waals surface area contributed by atoms with Gasteiger partial charge in [0.2, 0.25) is 0 Å². The van der Waals surface area contributed by atoms with E-state index in [9.17, 15) is 4.79 Å². The van der Waals surface area contributed by atoms with Crippen LogP contribution in [0.2, 0.25) is 0 Å². The fourth-order valence-electron chi connectivity index (χ4n) is 2.83. The number of amides is 1. The molecule has 0 radical (unpaired) electrons. The van der Waals surface area contributed by atoms with Crippen molar-refractivity contribution < 1.29 is 4.79 Å². The van der Waals surface area contributed by atoms with Gasteiger partial charge in [0, 0.05) is 28.4 Å². The van der Waals surface area contributed by atoms with Gasteiger partial charge in [0.1, 0.15) is 5.69 Å². The number of aromatic nitrogens is 1. The zero-order valence-corrected chi connectivity index (χ0v) is 16.6. The summed E-state index contributed by atoms with van der Waals surface area (Å²) in [6, 6.07) is 10.4. The van der Waals surface area contributed by atoms with E-state index >= 15 is 0 Å². The normalized spacial score (nSPS) is 11.4. The first kappa shape index (κ1) is 18.0. The van der Waals surface area contributed by atoms with Crippen LogP contribution < -0.4 is 5.32 Å². The van der Waals surface area contributed by atoms with Crippen molar-refractivity contribution in [1.82, 2.24) is 15.2 Å². The van der Waals surface area contributed by atoms with Gasteiger partial charge in [-0.2, -0.15) is 0 Å². The van der Waals surface area contributed by atoms with Gasteiger partial charge in [-0.05, 0) is 51.0 Å². The van der Waals surface area contributed by atoms with Gasteiger partial charge < -0.3 is 15.2 Å². The fourth-order valence-corrected chi connectivity index (χ4v) is 4.25. The number of carbonyl (C=O) groups is 1. The molecule has 0 bridgehead atoms. The Bertz CT molecular complexity index is 878. The van der Waals surface area contributed by atoms with E-state index < -0.39 is 0 Å². The monoisotopic (exact) mass is 373 g/mol. The van der Waals surface area contributed by atoms with Crippen LogP contribution in [0.5, 0.6) is 0 Å². The molecule has 2 heterocycles. The molecule has 0 saturated heterocycles. The molecule has 0 aliphatic heterocycles. The van der Waals surface area contributed by atoms with Crippen LogP contribution in [-0.4, -0.2) is 36.1 Å². The molecule has 1 aromatic carbocycles. The van der Waals surface area contributed by atoms with Gasteiger partial charge in [-0.25, -0.2) is 0 Å². The van der Waals surface area contributed by atoms with E-state index in [1.165, 1.54) is 14.5 Å². The van der Waals surface area contributed by atoms with E-state index in [1.54, 1.807) is 23.1 Å². The average Bonchev–Trinajstić information content (AvgIpc) is 3.10. The Morgan fingerprint density at radius 3 is 2.64 bits per heavy atom. The van der Waals surface area contributed by atoms with Gasteiger partial charge in [0.25, 0.3) is 5.91 Å². The summed E-state index contributed by atoms with van der Waals surface area (Å²) in [4.78, 5) is 20.6. The Balaban J connectivity index is 1.79. The number of fused-ring (bicyclic) bond motifs is 1. The minimum absolute atomic E-state index is 0.0492. The third-order valence-electron chi connectivity index (χ3n) is 4.00. The van der Waals surface area contributed by atoms with Crippen molar-refractivity contribution in [3.63, 3.8) is 0 Å². The number of H-pyrrole nitrogens is 1. The topological polar surface area (TPSA) is 48.1 Å². The highest BCUT2D eigenvalue weighted by Crippen LogP contribution is 2.31. The maximum absolute atomic E-state index is 12.7. The summed E-state index contributed by atoms with van der Waals surface area (Å²) in [6.45, 7) is 3.36. The van der Waals surface area contributed by atoms with Crippen LogP contribution >= 0.6 is 23.1 Å². The van der Waals surface area contributed by atoms with Gasteiger partial charge >= 0.3 is 0 Å². The molecule has 0 aliphatic rings. The smallest absolute Gasteiger partial charge is 0.268 e. The molecule has 0 saturated carbocycles. The molecule has 0 fully saturated rings. The zero-order valence-electron chi connectivity index (χ0n) is 15.0. The molecule has 2 aromatic heterocycles. The summed E-state index contributed by atoms with van der Waals surface area (Å²) in [5.41, 5.74) is 3.90. The van der Waals surface area contributed by atoms with Gasteiger partial charge in [0.15, 0.2) is 0 Å². The van der Waals surface area contributed by atoms with Crippen LogP contribution in [0.3, 0.4) is 0 Å². The number of nitrogens with one attached hydrogen (secondary N) is 2. The molecule has 25 heavy (non-hydrogen) atoms. The SMILES string of the molecule is CSc1ccc(CNC(=O)c2[nH]c3cc(C)sc3c2CN(C)C)cc1. The first-order valence-electron chi connectivity index (χ1n) is 8.14. The molecule has 0 aliphatic carbocycles. The summed E-state index contributed by atoms with van der Waals surface area (Å²) in [6.07, 6.45) is 2.06. The summed E-state index contributed by atoms with van der Waals surface area (Å²) >= 11 is 3.45. The van der Waals surface area contributed by atoms with Crippen LogP contribution in [0.1, 0.15) is 26.5 Å². The Morgan fingerprint density at radius 1 is 1.28 bits per heavy atom. The molecule has 132 valence electrons. The van der Waals surface area contributed by atoms with Crippen molar-refractivity contribution in [2.45, 2.75) is 24.9 Å². The second-order valence-corrected chi connectivity index (χ2v) is 8.48. The number of nitrogens with zero attached hydrogens (tertiary/aromatic N) is 1. The minimum Gasteiger partial charge on any atom is -0.350 e. The standard InChI is InChI=1S/C19H23N3OS2/c1-12-9-16-18(25-12)15(11-22(2)3)17(21-16)19(23)20-10-13-5-7-14(24-4)8-6-13/h5-9,21H,10-11H2,1-4H3,(H,20,23). The van der Waals surface area contributed by atoms with Gasteiger partial charge in [0.05, 0.1) is 10.2 Å². The number of thiophene rings is 1. The highest BCUT2D eigenvalue weighted by Gasteiger charge is 2.19. The second-order valence-electron chi connectivity index (χ2n) is 6.35. The van der Waals surface area contributed by atoms with Gasteiger partial charge in [-0.15, -0.1) is 23.1 Å². The van der Waals surface area contributed by atoms with Crippen molar-refractivity contribution in [2.24, 2.45) is 0 Å².